The normalized spacial score (nSPS) is 10.3. The zero-order valence-corrected chi connectivity index (χ0v) is 10.6. The first-order chi connectivity index (χ1) is 8.71. The summed E-state index contributed by atoms with van der Waals surface area (Å²) in [6.45, 7) is 0. The van der Waals surface area contributed by atoms with Gasteiger partial charge in [0, 0.05) is 11.8 Å². The quantitative estimate of drug-likeness (QED) is 0.845. The van der Waals surface area contributed by atoms with Gasteiger partial charge >= 0.3 is 0 Å². The van der Waals surface area contributed by atoms with Crippen molar-refractivity contribution in [3.05, 3.63) is 35.7 Å². The molecule has 5 nitrogen and oxygen atoms in total. The molecule has 0 unspecified atom stereocenters. The molecular weight excluding hydrogens is 230 g/mol. The molecule has 0 radical (unpaired) electrons. The molecule has 2 aromatic rings. The number of imidazole rings is 1. The van der Waals surface area contributed by atoms with E-state index in [0.29, 0.717) is 5.95 Å². The Morgan fingerprint density at radius 1 is 1.11 bits per heavy atom. The Morgan fingerprint density at radius 3 is 2.28 bits per heavy atom. The van der Waals surface area contributed by atoms with Crippen molar-refractivity contribution in [2.45, 2.75) is 12.8 Å². The molecule has 0 aliphatic carbocycles. The Hall–Kier alpha value is -2.17. The number of nitrogens with zero attached hydrogens (tertiary/aromatic N) is 1. The molecule has 3 N–H and O–H groups in total. The van der Waals surface area contributed by atoms with Crippen LogP contribution >= 0.6 is 0 Å². The van der Waals surface area contributed by atoms with Gasteiger partial charge < -0.3 is 20.2 Å². The topological polar surface area (TPSA) is 73.2 Å². The van der Waals surface area contributed by atoms with Crippen molar-refractivity contribution in [3.8, 4) is 11.5 Å². The van der Waals surface area contributed by atoms with Gasteiger partial charge in [-0.05, 0) is 30.5 Å². The molecule has 0 fully saturated rings. The number of H-pyrrole nitrogens is 1. The van der Waals surface area contributed by atoms with Gasteiger partial charge in [0.05, 0.1) is 20.4 Å². The molecule has 0 aliphatic heterocycles. The van der Waals surface area contributed by atoms with Crippen LogP contribution in [0.15, 0.2) is 24.4 Å². The molecule has 0 bridgehead atoms. The van der Waals surface area contributed by atoms with Gasteiger partial charge in [-0.2, -0.15) is 0 Å². The molecular formula is C13H17N3O2. The Balaban J connectivity index is 2.08. The third kappa shape index (κ3) is 2.94. The summed E-state index contributed by atoms with van der Waals surface area (Å²) in [7, 11) is 3.29. The first kappa shape index (κ1) is 12.3. The maximum Gasteiger partial charge on any atom is 0.197 e. The Kier molecular flexibility index (Phi) is 3.72. The van der Waals surface area contributed by atoms with E-state index in [2.05, 4.69) is 9.97 Å². The maximum atomic E-state index is 5.53. The van der Waals surface area contributed by atoms with Crippen LogP contribution in [0.5, 0.6) is 11.5 Å². The van der Waals surface area contributed by atoms with Crippen molar-refractivity contribution in [3.63, 3.8) is 0 Å². The zero-order valence-electron chi connectivity index (χ0n) is 10.6. The summed E-state index contributed by atoms with van der Waals surface area (Å²) in [6.07, 6.45) is 3.47. The lowest BCUT2D eigenvalue weighted by Gasteiger charge is -2.08. The van der Waals surface area contributed by atoms with Gasteiger partial charge in [0.1, 0.15) is 11.5 Å². The molecule has 2 rings (SSSR count). The highest BCUT2D eigenvalue weighted by Crippen LogP contribution is 2.23. The lowest BCUT2D eigenvalue weighted by Crippen LogP contribution is -1.95. The van der Waals surface area contributed by atoms with Crippen LogP contribution in [-0.4, -0.2) is 24.2 Å². The summed E-state index contributed by atoms with van der Waals surface area (Å²) < 4.78 is 10.5. The highest BCUT2D eigenvalue weighted by molar-refractivity contribution is 5.38. The third-order valence-electron chi connectivity index (χ3n) is 2.74. The number of nitrogens with one attached hydrogen (secondary N) is 1. The largest absolute Gasteiger partial charge is 0.497 e. The summed E-state index contributed by atoms with van der Waals surface area (Å²) in [4.78, 5) is 6.98. The second kappa shape index (κ2) is 5.44. The number of aromatic nitrogens is 2. The van der Waals surface area contributed by atoms with E-state index in [1.807, 2.05) is 18.2 Å². The second-order valence-electron chi connectivity index (χ2n) is 4.01. The van der Waals surface area contributed by atoms with E-state index >= 15 is 0 Å². The first-order valence-corrected chi connectivity index (χ1v) is 5.72. The van der Waals surface area contributed by atoms with E-state index in [1.54, 1.807) is 20.4 Å². The number of aryl methyl sites for hydroxylation is 2. The minimum Gasteiger partial charge on any atom is -0.497 e. The summed E-state index contributed by atoms with van der Waals surface area (Å²) in [5.41, 5.74) is 7.71. The van der Waals surface area contributed by atoms with Gasteiger partial charge in [-0.15, -0.1) is 0 Å². The lowest BCUT2D eigenvalue weighted by molar-refractivity contribution is 0.393. The summed E-state index contributed by atoms with van der Waals surface area (Å²) in [6, 6.07) is 5.86. The van der Waals surface area contributed by atoms with Gasteiger partial charge in [0.15, 0.2) is 5.95 Å². The standard InChI is InChI=1S/C13H17N3O2/c1-17-11-5-9(6-12(7-11)18-2)3-4-10-8-15-13(14)16-10/h5-8H,3-4H2,1-2H3,(H3,14,15,16). The predicted octanol–water partition coefficient (Wildman–Crippen LogP) is 1.79. The smallest absolute Gasteiger partial charge is 0.197 e. The van der Waals surface area contributed by atoms with E-state index in [0.717, 1.165) is 35.6 Å². The fourth-order valence-electron chi connectivity index (χ4n) is 1.79. The molecule has 1 aromatic carbocycles. The molecule has 96 valence electrons. The van der Waals surface area contributed by atoms with E-state index in [9.17, 15) is 0 Å². The van der Waals surface area contributed by atoms with E-state index in [4.69, 9.17) is 15.2 Å². The van der Waals surface area contributed by atoms with Gasteiger partial charge in [-0.25, -0.2) is 4.98 Å². The molecule has 5 heteroatoms. The zero-order chi connectivity index (χ0) is 13.0. The van der Waals surface area contributed by atoms with Gasteiger partial charge in [-0.3, -0.25) is 0 Å². The lowest BCUT2D eigenvalue weighted by atomic mass is 10.1. The number of methoxy groups -OCH3 is 2. The molecule has 0 atom stereocenters. The number of ether oxygens (including phenoxy) is 2. The maximum absolute atomic E-state index is 5.53. The highest BCUT2D eigenvalue weighted by Gasteiger charge is 2.03. The number of hydrogen-bond acceptors (Lipinski definition) is 4. The molecule has 0 saturated carbocycles. The summed E-state index contributed by atoms with van der Waals surface area (Å²) in [5.74, 6) is 2.05. The molecule has 1 heterocycles. The fourth-order valence-corrected chi connectivity index (χ4v) is 1.79. The van der Waals surface area contributed by atoms with Crippen LogP contribution in [0.3, 0.4) is 0 Å². The fraction of sp³-hybridized carbons (Fsp3) is 0.308. The number of anilines is 1. The average molecular weight is 247 g/mol. The first-order valence-electron chi connectivity index (χ1n) is 5.72. The number of nitrogen functional groups attached to an aromatic ring is 1. The van der Waals surface area contributed by atoms with Crippen LogP contribution in [-0.2, 0) is 12.8 Å². The summed E-state index contributed by atoms with van der Waals surface area (Å²) >= 11 is 0. The number of hydrogen-bond donors (Lipinski definition) is 2. The molecule has 1 aromatic heterocycles. The second-order valence-corrected chi connectivity index (χ2v) is 4.01. The predicted molar refractivity (Wildman–Crippen MR) is 70.0 cm³/mol. The third-order valence-corrected chi connectivity index (χ3v) is 2.74. The minimum absolute atomic E-state index is 0.452. The van der Waals surface area contributed by atoms with Crippen LogP contribution in [0.25, 0.3) is 0 Å². The Labute approximate surface area is 106 Å². The van der Waals surface area contributed by atoms with E-state index in [-0.39, 0.29) is 0 Å². The van der Waals surface area contributed by atoms with Crippen molar-refractivity contribution < 1.29 is 9.47 Å². The molecule has 0 aliphatic rings. The minimum atomic E-state index is 0.452. The van der Waals surface area contributed by atoms with Crippen molar-refractivity contribution >= 4 is 5.95 Å². The van der Waals surface area contributed by atoms with Crippen molar-refractivity contribution in [2.24, 2.45) is 0 Å². The van der Waals surface area contributed by atoms with Crippen LogP contribution in [0.2, 0.25) is 0 Å². The molecule has 0 spiro atoms. The Morgan fingerprint density at radius 2 is 1.78 bits per heavy atom. The highest BCUT2D eigenvalue weighted by atomic mass is 16.5. The van der Waals surface area contributed by atoms with Crippen LogP contribution in [0, 0.1) is 0 Å². The molecule has 18 heavy (non-hydrogen) atoms. The molecule has 0 amide bonds. The Bertz CT molecular complexity index is 500. The van der Waals surface area contributed by atoms with Crippen molar-refractivity contribution in [1.29, 1.82) is 0 Å². The average Bonchev–Trinajstić information content (AvgIpc) is 2.81. The number of rotatable bonds is 5. The van der Waals surface area contributed by atoms with E-state index in [1.165, 1.54) is 0 Å². The SMILES string of the molecule is COc1cc(CCc2cnc(N)[nH]2)cc(OC)c1. The van der Waals surface area contributed by atoms with Crippen LogP contribution < -0.4 is 15.2 Å². The van der Waals surface area contributed by atoms with Crippen molar-refractivity contribution in [1.82, 2.24) is 9.97 Å². The van der Waals surface area contributed by atoms with Crippen LogP contribution in [0.1, 0.15) is 11.3 Å². The van der Waals surface area contributed by atoms with Gasteiger partial charge in [0.25, 0.3) is 0 Å². The number of aromatic amines is 1. The van der Waals surface area contributed by atoms with E-state index < -0.39 is 0 Å². The number of nitrogens with two attached hydrogens (primary N) is 1. The van der Waals surface area contributed by atoms with Gasteiger partial charge in [0.2, 0.25) is 0 Å². The van der Waals surface area contributed by atoms with Crippen molar-refractivity contribution in [2.75, 3.05) is 20.0 Å². The summed E-state index contributed by atoms with van der Waals surface area (Å²) in [5, 5.41) is 0. The van der Waals surface area contributed by atoms with Gasteiger partial charge in [-0.1, -0.05) is 0 Å². The number of benzene rings is 1. The van der Waals surface area contributed by atoms with Crippen LogP contribution in [0.4, 0.5) is 5.95 Å². The molecule has 0 saturated heterocycles. The monoisotopic (exact) mass is 247 g/mol.